The second-order valence-corrected chi connectivity index (χ2v) is 6.40. The predicted molar refractivity (Wildman–Crippen MR) is 83.0 cm³/mol. The van der Waals surface area contributed by atoms with Crippen molar-refractivity contribution in [1.29, 1.82) is 0 Å². The number of rotatable bonds is 9. The lowest BCUT2D eigenvalue weighted by atomic mass is 9.87. The van der Waals surface area contributed by atoms with E-state index < -0.39 is 0 Å². The van der Waals surface area contributed by atoms with E-state index in [0.29, 0.717) is 18.2 Å². The predicted octanol–water partition coefficient (Wildman–Crippen LogP) is 3.52. The fourth-order valence-corrected chi connectivity index (χ4v) is 3.78. The van der Waals surface area contributed by atoms with Crippen molar-refractivity contribution in [2.24, 2.45) is 5.92 Å². The molecule has 4 unspecified atom stereocenters. The highest BCUT2D eigenvalue weighted by molar-refractivity contribution is 4.86. The van der Waals surface area contributed by atoms with Crippen molar-refractivity contribution in [2.45, 2.75) is 83.5 Å². The molecule has 0 bridgehead atoms. The first-order valence-corrected chi connectivity index (χ1v) is 8.81. The fraction of sp³-hybridized carbons (Fsp3) is 1.00. The number of ether oxygens (including phenoxy) is 2. The van der Waals surface area contributed by atoms with E-state index in [2.05, 4.69) is 19.2 Å². The molecule has 2 aliphatic rings. The average Bonchev–Trinajstić information content (AvgIpc) is 3.13. The molecule has 0 saturated carbocycles. The highest BCUT2D eigenvalue weighted by Crippen LogP contribution is 2.29. The van der Waals surface area contributed by atoms with Gasteiger partial charge in [-0.3, -0.25) is 0 Å². The van der Waals surface area contributed by atoms with E-state index in [4.69, 9.17) is 9.47 Å². The summed E-state index contributed by atoms with van der Waals surface area (Å²) in [6.07, 6.45) is 11.0. The molecule has 2 rings (SSSR count). The van der Waals surface area contributed by atoms with Gasteiger partial charge in [0.2, 0.25) is 0 Å². The Bertz CT molecular complexity index is 253. The Balaban J connectivity index is 1.76. The monoisotopic (exact) mass is 283 g/mol. The first-order chi connectivity index (χ1) is 9.85. The van der Waals surface area contributed by atoms with Gasteiger partial charge in [-0.15, -0.1) is 0 Å². The molecule has 0 radical (unpaired) electrons. The van der Waals surface area contributed by atoms with Gasteiger partial charge in [0.15, 0.2) is 0 Å². The van der Waals surface area contributed by atoms with Crippen LogP contribution < -0.4 is 5.32 Å². The van der Waals surface area contributed by atoms with E-state index in [1.165, 1.54) is 44.9 Å². The van der Waals surface area contributed by atoms with Crippen LogP contribution in [0.2, 0.25) is 0 Å². The van der Waals surface area contributed by atoms with Crippen LogP contribution >= 0.6 is 0 Å². The molecule has 3 nitrogen and oxygen atoms in total. The fourth-order valence-electron chi connectivity index (χ4n) is 3.78. The summed E-state index contributed by atoms with van der Waals surface area (Å²) in [6, 6.07) is 0.642. The van der Waals surface area contributed by atoms with Crippen molar-refractivity contribution in [2.75, 3.05) is 19.8 Å². The molecule has 4 atom stereocenters. The van der Waals surface area contributed by atoms with Gasteiger partial charge in [-0.1, -0.05) is 13.8 Å². The highest BCUT2D eigenvalue weighted by Gasteiger charge is 2.33. The van der Waals surface area contributed by atoms with Crippen LogP contribution in [-0.4, -0.2) is 38.0 Å². The molecular formula is C17H33NO2. The Kier molecular flexibility index (Phi) is 7.32. The van der Waals surface area contributed by atoms with Gasteiger partial charge in [0.25, 0.3) is 0 Å². The molecular weight excluding hydrogens is 250 g/mol. The van der Waals surface area contributed by atoms with Crippen molar-refractivity contribution in [3.8, 4) is 0 Å². The zero-order chi connectivity index (χ0) is 14.2. The molecule has 3 heteroatoms. The third-order valence-electron chi connectivity index (χ3n) is 4.90. The Hall–Kier alpha value is -0.120. The summed E-state index contributed by atoms with van der Waals surface area (Å²) >= 11 is 0. The molecule has 118 valence electrons. The molecule has 0 aromatic rings. The van der Waals surface area contributed by atoms with Gasteiger partial charge in [0, 0.05) is 25.2 Å². The van der Waals surface area contributed by atoms with Crippen LogP contribution in [-0.2, 0) is 9.47 Å². The smallest absolute Gasteiger partial charge is 0.0616 e. The lowest BCUT2D eigenvalue weighted by molar-refractivity contribution is 0.0738. The van der Waals surface area contributed by atoms with Crippen molar-refractivity contribution in [3.05, 3.63) is 0 Å². The van der Waals surface area contributed by atoms with Crippen LogP contribution in [0.25, 0.3) is 0 Å². The maximum atomic E-state index is 5.89. The number of nitrogens with one attached hydrogen (secondary N) is 1. The summed E-state index contributed by atoms with van der Waals surface area (Å²) in [6.45, 7) is 7.58. The summed E-state index contributed by atoms with van der Waals surface area (Å²) in [5.41, 5.74) is 0. The van der Waals surface area contributed by atoms with Crippen molar-refractivity contribution >= 4 is 0 Å². The Labute approximate surface area is 124 Å². The molecule has 2 fully saturated rings. The Morgan fingerprint density at radius 1 is 1.15 bits per heavy atom. The van der Waals surface area contributed by atoms with Crippen LogP contribution in [0.5, 0.6) is 0 Å². The van der Waals surface area contributed by atoms with E-state index in [9.17, 15) is 0 Å². The number of hydrogen-bond donors (Lipinski definition) is 1. The van der Waals surface area contributed by atoms with Crippen molar-refractivity contribution < 1.29 is 9.47 Å². The van der Waals surface area contributed by atoms with Crippen LogP contribution in [0, 0.1) is 5.92 Å². The standard InChI is InChI=1S/C17H33NO2/c1-3-11-18-16(15-10-13-20-17(15)4-2)9-5-7-14-8-6-12-19-14/h14-18H,3-13H2,1-2H3. The van der Waals surface area contributed by atoms with Crippen LogP contribution in [0.1, 0.15) is 65.2 Å². The Morgan fingerprint density at radius 3 is 2.75 bits per heavy atom. The highest BCUT2D eigenvalue weighted by atomic mass is 16.5. The molecule has 0 aromatic carbocycles. The van der Waals surface area contributed by atoms with Crippen LogP contribution in [0.4, 0.5) is 0 Å². The molecule has 2 aliphatic heterocycles. The topological polar surface area (TPSA) is 30.5 Å². The summed E-state index contributed by atoms with van der Waals surface area (Å²) in [5.74, 6) is 0.719. The van der Waals surface area contributed by atoms with E-state index in [1.807, 2.05) is 0 Å². The SMILES string of the molecule is CCCNC(CCCC1CCCO1)C1CCOC1CC. The van der Waals surface area contributed by atoms with E-state index in [-0.39, 0.29) is 0 Å². The molecule has 0 spiro atoms. The molecule has 1 N–H and O–H groups in total. The second-order valence-electron chi connectivity index (χ2n) is 6.40. The minimum absolute atomic E-state index is 0.479. The van der Waals surface area contributed by atoms with Crippen LogP contribution in [0.15, 0.2) is 0 Å². The minimum atomic E-state index is 0.479. The maximum absolute atomic E-state index is 5.89. The van der Waals surface area contributed by atoms with Gasteiger partial charge in [-0.2, -0.15) is 0 Å². The zero-order valence-electron chi connectivity index (χ0n) is 13.4. The van der Waals surface area contributed by atoms with Gasteiger partial charge in [0.1, 0.15) is 0 Å². The van der Waals surface area contributed by atoms with Crippen LogP contribution in [0.3, 0.4) is 0 Å². The minimum Gasteiger partial charge on any atom is -0.378 e. The molecule has 2 heterocycles. The molecule has 2 saturated heterocycles. The molecule has 20 heavy (non-hydrogen) atoms. The maximum Gasteiger partial charge on any atom is 0.0616 e. The lowest BCUT2D eigenvalue weighted by Gasteiger charge is -2.28. The van der Waals surface area contributed by atoms with Gasteiger partial charge >= 0.3 is 0 Å². The normalized spacial score (nSPS) is 31.8. The van der Waals surface area contributed by atoms with Gasteiger partial charge in [-0.25, -0.2) is 0 Å². The van der Waals surface area contributed by atoms with E-state index >= 15 is 0 Å². The number of hydrogen-bond acceptors (Lipinski definition) is 3. The summed E-state index contributed by atoms with van der Waals surface area (Å²) in [4.78, 5) is 0. The van der Waals surface area contributed by atoms with E-state index in [0.717, 1.165) is 32.1 Å². The summed E-state index contributed by atoms with van der Waals surface area (Å²) in [7, 11) is 0. The lowest BCUT2D eigenvalue weighted by Crippen LogP contribution is -2.40. The molecule has 0 aliphatic carbocycles. The first kappa shape index (κ1) is 16.3. The third kappa shape index (κ3) is 4.71. The third-order valence-corrected chi connectivity index (χ3v) is 4.90. The van der Waals surface area contributed by atoms with Gasteiger partial charge in [0.05, 0.1) is 12.2 Å². The zero-order valence-corrected chi connectivity index (χ0v) is 13.4. The largest absolute Gasteiger partial charge is 0.378 e. The van der Waals surface area contributed by atoms with Gasteiger partial charge < -0.3 is 14.8 Å². The Morgan fingerprint density at radius 2 is 2.05 bits per heavy atom. The first-order valence-electron chi connectivity index (χ1n) is 8.81. The van der Waals surface area contributed by atoms with E-state index in [1.54, 1.807) is 0 Å². The van der Waals surface area contributed by atoms with Crippen molar-refractivity contribution in [3.63, 3.8) is 0 Å². The van der Waals surface area contributed by atoms with Crippen molar-refractivity contribution in [1.82, 2.24) is 5.32 Å². The summed E-state index contributed by atoms with van der Waals surface area (Å²) < 4.78 is 11.6. The molecule has 0 amide bonds. The second kappa shape index (κ2) is 9.01. The summed E-state index contributed by atoms with van der Waals surface area (Å²) in [5, 5.41) is 3.78. The van der Waals surface area contributed by atoms with Gasteiger partial charge in [-0.05, 0) is 57.9 Å². The quantitative estimate of drug-likeness (QED) is 0.702. The molecule has 0 aromatic heterocycles. The average molecular weight is 283 g/mol.